The van der Waals surface area contributed by atoms with Crippen LogP contribution in [-0.4, -0.2) is 0 Å². The van der Waals surface area contributed by atoms with E-state index in [1.807, 2.05) is 0 Å². The van der Waals surface area contributed by atoms with Crippen molar-refractivity contribution in [1.82, 2.24) is 0 Å². The highest BCUT2D eigenvalue weighted by Crippen LogP contribution is 2.30. The minimum atomic E-state index is 1.25. The highest BCUT2D eigenvalue weighted by Gasteiger charge is 2.05. The van der Waals surface area contributed by atoms with E-state index in [9.17, 15) is 0 Å². The molecule has 0 aliphatic carbocycles. The number of benzene rings is 4. The van der Waals surface area contributed by atoms with Crippen LogP contribution in [0.1, 0.15) is 11.1 Å². The Balaban J connectivity index is 1.76. The topological polar surface area (TPSA) is 0 Å². The van der Waals surface area contributed by atoms with Gasteiger partial charge in [0.05, 0.1) is 0 Å². The van der Waals surface area contributed by atoms with Crippen LogP contribution >= 0.6 is 0 Å². The van der Waals surface area contributed by atoms with Gasteiger partial charge in [-0.1, -0.05) is 90.5 Å². The molecule has 4 aromatic rings. The predicted octanol–water partition coefficient (Wildman–Crippen LogP) is 7.30. The van der Waals surface area contributed by atoms with Gasteiger partial charge in [-0.3, -0.25) is 0 Å². The molecule has 0 heterocycles. The van der Waals surface area contributed by atoms with Crippen LogP contribution in [-0.2, 0) is 0 Å². The van der Waals surface area contributed by atoms with E-state index in [4.69, 9.17) is 0 Å². The third-order valence-electron chi connectivity index (χ3n) is 4.87. The van der Waals surface area contributed by atoms with Crippen molar-refractivity contribution in [2.24, 2.45) is 0 Å². The third-order valence-corrected chi connectivity index (χ3v) is 4.87. The second kappa shape index (κ2) is 7.01. The maximum Gasteiger partial charge on any atom is -0.0155 e. The lowest BCUT2D eigenvalue weighted by atomic mass is 9.94. The molecule has 0 amide bonds. The average Bonchev–Trinajstić information content (AvgIpc) is 2.69. The first-order chi connectivity index (χ1) is 12.7. The standard InChI is InChI=1S/C26H22/c1-19-8-5-10-21(16-19)22-11-6-12-23(17-22)24-13-7-14-25(18-24)26-15-4-3-9-20(26)2/h3-18H,1-2H3. The number of hydrogen-bond acceptors (Lipinski definition) is 0. The molecular weight excluding hydrogens is 312 g/mol. The van der Waals surface area contributed by atoms with Crippen LogP contribution in [0.2, 0.25) is 0 Å². The summed E-state index contributed by atoms with van der Waals surface area (Å²) in [4.78, 5) is 0. The summed E-state index contributed by atoms with van der Waals surface area (Å²) in [5.74, 6) is 0. The van der Waals surface area contributed by atoms with Crippen molar-refractivity contribution in [2.75, 3.05) is 0 Å². The smallest absolute Gasteiger partial charge is 0.0155 e. The van der Waals surface area contributed by atoms with E-state index in [0.717, 1.165) is 0 Å². The maximum atomic E-state index is 2.29. The molecule has 0 heteroatoms. The van der Waals surface area contributed by atoms with Gasteiger partial charge in [-0.15, -0.1) is 0 Å². The molecule has 126 valence electrons. The number of rotatable bonds is 3. The maximum absolute atomic E-state index is 2.29. The SMILES string of the molecule is Cc1cccc(-c2cccc(-c3cccc(-c4ccccc4C)c3)c2)c1. The van der Waals surface area contributed by atoms with Crippen molar-refractivity contribution in [1.29, 1.82) is 0 Å². The van der Waals surface area contributed by atoms with Crippen LogP contribution in [0.4, 0.5) is 0 Å². The van der Waals surface area contributed by atoms with Gasteiger partial charge in [-0.05, 0) is 64.9 Å². The summed E-state index contributed by atoms with van der Waals surface area (Å²) < 4.78 is 0. The summed E-state index contributed by atoms with van der Waals surface area (Å²) >= 11 is 0. The quantitative estimate of drug-likeness (QED) is 0.368. The van der Waals surface area contributed by atoms with E-state index < -0.39 is 0 Å². The summed E-state index contributed by atoms with van der Waals surface area (Å²) in [6, 6.07) is 34.9. The number of hydrogen-bond donors (Lipinski definition) is 0. The molecule has 26 heavy (non-hydrogen) atoms. The van der Waals surface area contributed by atoms with E-state index in [0.29, 0.717) is 0 Å². The summed E-state index contributed by atoms with van der Waals surface area (Å²) in [5.41, 5.74) is 10.2. The van der Waals surface area contributed by atoms with Gasteiger partial charge in [0.1, 0.15) is 0 Å². The van der Waals surface area contributed by atoms with Crippen molar-refractivity contribution in [2.45, 2.75) is 13.8 Å². The molecule has 4 rings (SSSR count). The Hall–Kier alpha value is -3.12. The van der Waals surface area contributed by atoms with Crippen LogP contribution in [0.15, 0.2) is 97.1 Å². The molecule has 0 spiro atoms. The van der Waals surface area contributed by atoms with Crippen molar-refractivity contribution in [3.8, 4) is 33.4 Å². The van der Waals surface area contributed by atoms with Crippen molar-refractivity contribution in [3.05, 3.63) is 108 Å². The van der Waals surface area contributed by atoms with Gasteiger partial charge in [0.15, 0.2) is 0 Å². The molecule has 0 aliphatic rings. The van der Waals surface area contributed by atoms with Crippen LogP contribution in [0, 0.1) is 13.8 Å². The molecule has 0 fully saturated rings. The van der Waals surface area contributed by atoms with E-state index in [2.05, 4.69) is 111 Å². The zero-order chi connectivity index (χ0) is 17.9. The van der Waals surface area contributed by atoms with Gasteiger partial charge in [0, 0.05) is 0 Å². The van der Waals surface area contributed by atoms with Gasteiger partial charge >= 0.3 is 0 Å². The van der Waals surface area contributed by atoms with Gasteiger partial charge < -0.3 is 0 Å². The van der Waals surface area contributed by atoms with Crippen LogP contribution < -0.4 is 0 Å². The summed E-state index contributed by atoms with van der Waals surface area (Å²) in [5, 5.41) is 0. The first-order valence-corrected chi connectivity index (χ1v) is 9.04. The molecule has 0 aromatic heterocycles. The first-order valence-electron chi connectivity index (χ1n) is 9.04. The molecule has 4 aromatic carbocycles. The van der Waals surface area contributed by atoms with E-state index in [-0.39, 0.29) is 0 Å². The monoisotopic (exact) mass is 334 g/mol. The molecule has 0 aliphatic heterocycles. The highest BCUT2D eigenvalue weighted by atomic mass is 14.1. The summed E-state index contributed by atoms with van der Waals surface area (Å²) in [6.45, 7) is 4.30. The van der Waals surface area contributed by atoms with Gasteiger partial charge in [0.2, 0.25) is 0 Å². The average molecular weight is 334 g/mol. The molecule has 0 atom stereocenters. The molecule has 0 bridgehead atoms. The molecule has 0 saturated carbocycles. The summed E-state index contributed by atoms with van der Waals surface area (Å²) in [7, 11) is 0. The van der Waals surface area contributed by atoms with E-state index in [1.165, 1.54) is 44.5 Å². The zero-order valence-corrected chi connectivity index (χ0v) is 15.2. The minimum absolute atomic E-state index is 1.25. The zero-order valence-electron chi connectivity index (χ0n) is 15.2. The Bertz CT molecular complexity index is 1060. The van der Waals surface area contributed by atoms with Gasteiger partial charge in [0.25, 0.3) is 0 Å². The molecule has 0 unspecified atom stereocenters. The van der Waals surface area contributed by atoms with E-state index in [1.54, 1.807) is 0 Å². The Morgan fingerprint density at radius 1 is 0.423 bits per heavy atom. The Morgan fingerprint density at radius 3 is 1.54 bits per heavy atom. The molecular formula is C26H22. The molecule has 0 saturated heterocycles. The molecule has 0 radical (unpaired) electrons. The van der Waals surface area contributed by atoms with E-state index >= 15 is 0 Å². The van der Waals surface area contributed by atoms with Crippen LogP contribution in [0.25, 0.3) is 33.4 Å². The summed E-state index contributed by atoms with van der Waals surface area (Å²) in [6.07, 6.45) is 0. The van der Waals surface area contributed by atoms with Crippen molar-refractivity contribution in [3.63, 3.8) is 0 Å². The lowest BCUT2D eigenvalue weighted by Crippen LogP contribution is -1.85. The minimum Gasteiger partial charge on any atom is -0.0620 e. The Kier molecular flexibility index (Phi) is 4.41. The van der Waals surface area contributed by atoms with Gasteiger partial charge in [-0.25, -0.2) is 0 Å². The Morgan fingerprint density at radius 2 is 0.923 bits per heavy atom. The van der Waals surface area contributed by atoms with Crippen LogP contribution in [0.5, 0.6) is 0 Å². The fourth-order valence-corrected chi connectivity index (χ4v) is 3.47. The van der Waals surface area contributed by atoms with Crippen LogP contribution in [0.3, 0.4) is 0 Å². The second-order valence-electron chi connectivity index (χ2n) is 6.85. The van der Waals surface area contributed by atoms with Crippen molar-refractivity contribution < 1.29 is 0 Å². The predicted molar refractivity (Wildman–Crippen MR) is 112 cm³/mol. The third kappa shape index (κ3) is 3.32. The second-order valence-corrected chi connectivity index (χ2v) is 6.85. The molecule has 0 N–H and O–H groups in total. The fraction of sp³-hybridized carbons (Fsp3) is 0.0769. The van der Waals surface area contributed by atoms with Crippen molar-refractivity contribution >= 4 is 0 Å². The van der Waals surface area contributed by atoms with Gasteiger partial charge in [-0.2, -0.15) is 0 Å². The lowest BCUT2D eigenvalue weighted by Gasteiger charge is -2.10. The lowest BCUT2D eigenvalue weighted by molar-refractivity contribution is 1.45. The fourth-order valence-electron chi connectivity index (χ4n) is 3.47. The normalized spacial score (nSPS) is 10.7. The number of aryl methyl sites for hydroxylation is 2. The largest absolute Gasteiger partial charge is 0.0620 e. The Labute approximate surface area is 155 Å². The highest BCUT2D eigenvalue weighted by molar-refractivity contribution is 5.77. The first kappa shape index (κ1) is 16.4. The molecule has 0 nitrogen and oxygen atoms in total.